The maximum absolute atomic E-state index is 12.3. The summed E-state index contributed by atoms with van der Waals surface area (Å²) in [5.74, 6) is 0.360. The fourth-order valence-electron chi connectivity index (χ4n) is 2.77. The average molecular weight is 324 g/mol. The van der Waals surface area contributed by atoms with E-state index < -0.39 is 10.0 Å². The smallest absolute Gasteiger partial charge is 0.251 e. The number of rotatable bonds is 4. The first-order valence-corrected chi connectivity index (χ1v) is 9.10. The van der Waals surface area contributed by atoms with Crippen LogP contribution in [-0.4, -0.2) is 38.8 Å². The van der Waals surface area contributed by atoms with Crippen molar-refractivity contribution in [2.75, 3.05) is 14.1 Å². The molecule has 1 aromatic rings. The molecule has 2 unspecified atom stereocenters. The van der Waals surface area contributed by atoms with Gasteiger partial charge in [0.05, 0.1) is 4.90 Å². The van der Waals surface area contributed by atoms with Gasteiger partial charge in [-0.05, 0) is 43.0 Å². The van der Waals surface area contributed by atoms with Crippen LogP contribution in [-0.2, 0) is 10.0 Å². The van der Waals surface area contributed by atoms with Crippen molar-refractivity contribution in [3.05, 3.63) is 29.8 Å². The number of carbonyl (C=O) groups excluding carboxylic acids is 1. The molecule has 1 aliphatic carbocycles. The van der Waals surface area contributed by atoms with Crippen LogP contribution in [0, 0.1) is 5.92 Å². The molecule has 2 atom stereocenters. The van der Waals surface area contributed by atoms with Gasteiger partial charge in [0.2, 0.25) is 10.0 Å². The molecule has 2 rings (SSSR count). The van der Waals surface area contributed by atoms with Crippen molar-refractivity contribution in [3.8, 4) is 0 Å². The molecule has 6 heteroatoms. The lowest BCUT2D eigenvalue weighted by atomic mass is 9.86. The van der Waals surface area contributed by atoms with E-state index in [4.69, 9.17) is 0 Å². The van der Waals surface area contributed by atoms with Gasteiger partial charge in [-0.2, -0.15) is 0 Å². The molecule has 1 fully saturated rings. The van der Waals surface area contributed by atoms with E-state index in [2.05, 4.69) is 12.2 Å². The van der Waals surface area contributed by atoms with Gasteiger partial charge in [0.25, 0.3) is 5.91 Å². The standard InChI is InChI=1S/C16H24N2O3S/c1-12-6-4-5-7-15(12)17-16(19)13-8-10-14(11-9-13)22(20,21)18(2)3/h8-12,15H,4-7H2,1-3H3,(H,17,19). The second-order valence-corrected chi connectivity index (χ2v) is 8.31. The fraction of sp³-hybridized carbons (Fsp3) is 0.562. The Morgan fingerprint density at radius 3 is 2.27 bits per heavy atom. The van der Waals surface area contributed by atoms with Crippen LogP contribution in [0.3, 0.4) is 0 Å². The highest BCUT2D eigenvalue weighted by molar-refractivity contribution is 7.89. The third kappa shape index (κ3) is 3.67. The predicted octanol–water partition coefficient (Wildman–Crippen LogP) is 2.25. The second kappa shape index (κ2) is 6.79. The molecule has 0 radical (unpaired) electrons. The van der Waals surface area contributed by atoms with Crippen molar-refractivity contribution in [1.82, 2.24) is 9.62 Å². The van der Waals surface area contributed by atoms with Crippen LogP contribution in [0.25, 0.3) is 0 Å². The van der Waals surface area contributed by atoms with Crippen LogP contribution in [0.1, 0.15) is 43.0 Å². The number of nitrogens with zero attached hydrogens (tertiary/aromatic N) is 1. The third-order valence-corrected chi connectivity index (χ3v) is 6.15. The average Bonchev–Trinajstić information content (AvgIpc) is 2.49. The van der Waals surface area contributed by atoms with Crippen LogP contribution in [0.5, 0.6) is 0 Å². The largest absolute Gasteiger partial charge is 0.349 e. The highest BCUT2D eigenvalue weighted by Crippen LogP contribution is 2.24. The minimum absolute atomic E-state index is 0.132. The molecule has 0 heterocycles. The Labute approximate surface area is 132 Å². The van der Waals surface area contributed by atoms with E-state index in [9.17, 15) is 13.2 Å². The Balaban J connectivity index is 2.08. The van der Waals surface area contributed by atoms with Crippen molar-refractivity contribution in [3.63, 3.8) is 0 Å². The summed E-state index contributed by atoms with van der Waals surface area (Å²) in [6.07, 6.45) is 4.53. The highest BCUT2D eigenvalue weighted by Gasteiger charge is 2.23. The molecule has 5 nitrogen and oxygen atoms in total. The molecule has 1 saturated carbocycles. The minimum Gasteiger partial charge on any atom is -0.349 e. The van der Waals surface area contributed by atoms with E-state index >= 15 is 0 Å². The van der Waals surface area contributed by atoms with Crippen molar-refractivity contribution in [1.29, 1.82) is 0 Å². The third-order valence-electron chi connectivity index (χ3n) is 4.32. The summed E-state index contributed by atoms with van der Waals surface area (Å²) in [6, 6.07) is 6.31. The van der Waals surface area contributed by atoms with E-state index in [-0.39, 0.29) is 16.8 Å². The second-order valence-electron chi connectivity index (χ2n) is 6.15. The zero-order chi connectivity index (χ0) is 16.3. The Morgan fingerprint density at radius 1 is 1.14 bits per heavy atom. The van der Waals surface area contributed by atoms with Crippen LogP contribution < -0.4 is 5.32 Å². The van der Waals surface area contributed by atoms with Gasteiger partial charge in [-0.3, -0.25) is 4.79 Å². The molecule has 1 aliphatic rings. The molecular formula is C16H24N2O3S. The van der Waals surface area contributed by atoms with Crippen molar-refractivity contribution < 1.29 is 13.2 Å². The van der Waals surface area contributed by atoms with Crippen LogP contribution in [0.4, 0.5) is 0 Å². The lowest BCUT2D eigenvalue weighted by Gasteiger charge is -2.29. The van der Waals surface area contributed by atoms with E-state index in [1.807, 2.05) is 0 Å². The number of carbonyl (C=O) groups is 1. The van der Waals surface area contributed by atoms with Crippen molar-refractivity contribution >= 4 is 15.9 Å². The number of sulfonamides is 1. The number of nitrogens with one attached hydrogen (secondary N) is 1. The van der Waals surface area contributed by atoms with E-state index in [0.717, 1.165) is 23.6 Å². The summed E-state index contributed by atoms with van der Waals surface area (Å²) >= 11 is 0. The molecule has 1 N–H and O–H groups in total. The number of amides is 1. The SMILES string of the molecule is CC1CCCCC1NC(=O)c1ccc(S(=O)(=O)N(C)C)cc1. The van der Waals surface area contributed by atoms with Crippen LogP contribution in [0.2, 0.25) is 0 Å². The monoisotopic (exact) mass is 324 g/mol. The van der Waals surface area contributed by atoms with Crippen molar-refractivity contribution in [2.45, 2.75) is 43.5 Å². The fourth-order valence-corrected chi connectivity index (χ4v) is 3.67. The maximum Gasteiger partial charge on any atom is 0.251 e. The lowest BCUT2D eigenvalue weighted by molar-refractivity contribution is 0.0910. The summed E-state index contributed by atoms with van der Waals surface area (Å²) in [7, 11) is -0.481. The maximum atomic E-state index is 12.3. The van der Waals surface area contributed by atoms with Gasteiger partial charge in [0.15, 0.2) is 0 Å². The van der Waals surface area contributed by atoms with Gasteiger partial charge in [0.1, 0.15) is 0 Å². The summed E-state index contributed by atoms with van der Waals surface area (Å²) in [5.41, 5.74) is 0.496. The minimum atomic E-state index is -3.45. The Kier molecular flexibility index (Phi) is 5.24. The molecule has 0 aromatic heterocycles. The quantitative estimate of drug-likeness (QED) is 0.924. The zero-order valence-electron chi connectivity index (χ0n) is 13.4. The first-order chi connectivity index (χ1) is 10.3. The first kappa shape index (κ1) is 17.0. The van der Waals surface area contributed by atoms with Crippen molar-refractivity contribution in [2.24, 2.45) is 5.92 Å². The predicted molar refractivity (Wildman–Crippen MR) is 86.2 cm³/mol. The molecule has 0 bridgehead atoms. The first-order valence-electron chi connectivity index (χ1n) is 7.66. The Morgan fingerprint density at radius 2 is 1.73 bits per heavy atom. The van der Waals surface area contributed by atoms with Crippen LogP contribution >= 0.6 is 0 Å². The van der Waals surface area contributed by atoms with Gasteiger partial charge in [-0.15, -0.1) is 0 Å². The van der Waals surface area contributed by atoms with Gasteiger partial charge >= 0.3 is 0 Å². The van der Waals surface area contributed by atoms with E-state index in [0.29, 0.717) is 11.5 Å². The molecule has 0 saturated heterocycles. The Hall–Kier alpha value is -1.40. The normalized spacial score (nSPS) is 22.5. The van der Waals surface area contributed by atoms with Crippen LogP contribution in [0.15, 0.2) is 29.2 Å². The summed E-state index contributed by atoms with van der Waals surface area (Å²) < 4.78 is 25.2. The molecule has 1 aromatic carbocycles. The number of hydrogen-bond donors (Lipinski definition) is 1. The molecule has 0 spiro atoms. The molecule has 0 aliphatic heterocycles. The highest BCUT2D eigenvalue weighted by atomic mass is 32.2. The number of hydrogen-bond acceptors (Lipinski definition) is 3. The van der Waals surface area contributed by atoms with Gasteiger partial charge in [-0.25, -0.2) is 12.7 Å². The van der Waals surface area contributed by atoms with Gasteiger partial charge in [-0.1, -0.05) is 19.8 Å². The summed E-state index contributed by atoms with van der Waals surface area (Å²) in [4.78, 5) is 12.5. The molecule has 22 heavy (non-hydrogen) atoms. The Bertz CT molecular complexity index is 623. The molecular weight excluding hydrogens is 300 g/mol. The number of benzene rings is 1. The van der Waals surface area contributed by atoms with Gasteiger partial charge < -0.3 is 5.32 Å². The topological polar surface area (TPSA) is 66.5 Å². The molecule has 1 amide bonds. The zero-order valence-corrected chi connectivity index (χ0v) is 14.2. The van der Waals surface area contributed by atoms with E-state index in [1.54, 1.807) is 12.1 Å². The molecule has 122 valence electrons. The lowest BCUT2D eigenvalue weighted by Crippen LogP contribution is -2.41. The van der Waals surface area contributed by atoms with E-state index in [1.165, 1.54) is 32.6 Å². The summed E-state index contributed by atoms with van der Waals surface area (Å²) in [6.45, 7) is 2.16. The van der Waals surface area contributed by atoms with Gasteiger partial charge in [0, 0.05) is 25.7 Å². The summed E-state index contributed by atoms with van der Waals surface area (Å²) in [5, 5.41) is 3.07.